The van der Waals surface area contributed by atoms with E-state index in [0.29, 0.717) is 6.54 Å². The van der Waals surface area contributed by atoms with E-state index in [4.69, 9.17) is 0 Å². The molecule has 0 spiro atoms. The van der Waals surface area contributed by atoms with Gasteiger partial charge in [-0.2, -0.15) is 0 Å². The molecule has 1 aromatic carbocycles. The Morgan fingerprint density at radius 2 is 1.64 bits per heavy atom. The predicted octanol–water partition coefficient (Wildman–Crippen LogP) is 4.04. The van der Waals surface area contributed by atoms with Crippen LogP contribution in [0.3, 0.4) is 0 Å². The Labute approximate surface area is 135 Å². The van der Waals surface area contributed by atoms with Crippen molar-refractivity contribution in [3.63, 3.8) is 0 Å². The van der Waals surface area contributed by atoms with E-state index in [9.17, 15) is 8.42 Å². The van der Waals surface area contributed by atoms with Crippen molar-refractivity contribution in [2.75, 3.05) is 6.54 Å². The lowest BCUT2D eigenvalue weighted by Gasteiger charge is -2.42. The van der Waals surface area contributed by atoms with Gasteiger partial charge in [-0.3, -0.25) is 0 Å². The van der Waals surface area contributed by atoms with Gasteiger partial charge in [-0.15, -0.1) is 0 Å². The van der Waals surface area contributed by atoms with Crippen molar-refractivity contribution in [2.24, 2.45) is 0 Å². The maximum Gasteiger partial charge on any atom is 0.218 e. The summed E-state index contributed by atoms with van der Waals surface area (Å²) in [6.07, 6.45) is 2.29. The van der Waals surface area contributed by atoms with Crippen LogP contribution in [0.5, 0.6) is 0 Å². The Kier molecular flexibility index (Phi) is 4.48. The van der Waals surface area contributed by atoms with Crippen LogP contribution in [0.2, 0.25) is 0 Å². The summed E-state index contributed by atoms with van der Waals surface area (Å²) in [6.45, 7) is 13.1. The summed E-state index contributed by atoms with van der Waals surface area (Å²) in [4.78, 5) is 0. The Morgan fingerprint density at radius 1 is 1.09 bits per heavy atom. The molecule has 0 aromatic heterocycles. The number of nitrogens with one attached hydrogen (secondary N) is 1. The van der Waals surface area contributed by atoms with Crippen LogP contribution in [-0.2, 0) is 20.9 Å². The van der Waals surface area contributed by atoms with Gasteiger partial charge in [0.05, 0.1) is 5.25 Å². The van der Waals surface area contributed by atoms with Crippen molar-refractivity contribution in [2.45, 2.75) is 70.5 Å². The van der Waals surface area contributed by atoms with E-state index in [1.807, 2.05) is 13.0 Å². The summed E-state index contributed by atoms with van der Waals surface area (Å²) in [7, 11) is -3.31. The predicted molar refractivity (Wildman–Crippen MR) is 92.7 cm³/mol. The van der Waals surface area contributed by atoms with Gasteiger partial charge in [0, 0.05) is 6.54 Å². The first-order valence-electron chi connectivity index (χ1n) is 8.14. The average Bonchev–Trinajstić information content (AvgIpc) is 2.43. The Morgan fingerprint density at radius 3 is 2.18 bits per heavy atom. The van der Waals surface area contributed by atoms with Gasteiger partial charge in [-0.05, 0) is 47.3 Å². The van der Waals surface area contributed by atoms with E-state index >= 15 is 0 Å². The van der Waals surface area contributed by atoms with Crippen molar-refractivity contribution in [1.82, 2.24) is 4.72 Å². The van der Waals surface area contributed by atoms with E-state index in [2.05, 4.69) is 44.5 Å². The second-order valence-electron chi connectivity index (χ2n) is 7.76. The molecule has 124 valence electrons. The van der Waals surface area contributed by atoms with E-state index in [1.165, 1.54) is 11.1 Å². The molecule has 0 heterocycles. The fraction of sp³-hybridized carbons (Fsp3) is 0.667. The quantitative estimate of drug-likeness (QED) is 0.909. The summed E-state index contributed by atoms with van der Waals surface area (Å²) in [5, 5.41) is -0.529. The number of rotatable bonds is 4. The van der Waals surface area contributed by atoms with Crippen molar-refractivity contribution >= 4 is 10.0 Å². The molecule has 22 heavy (non-hydrogen) atoms. The molecule has 0 radical (unpaired) electrons. The maximum atomic E-state index is 12.3. The van der Waals surface area contributed by atoms with Gasteiger partial charge in [0.1, 0.15) is 0 Å². The topological polar surface area (TPSA) is 46.2 Å². The molecule has 2 rings (SSSR count). The number of hydrogen-bond donors (Lipinski definition) is 1. The highest BCUT2D eigenvalue weighted by molar-refractivity contribution is 7.89. The zero-order valence-corrected chi connectivity index (χ0v) is 15.5. The van der Waals surface area contributed by atoms with Gasteiger partial charge in [0.15, 0.2) is 0 Å². The number of hydrogen-bond acceptors (Lipinski definition) is 2. The second-order valence-corrected chi connectivity index (χ2v) is 9.84. The van der Waals surface area contributed by atoms with Crippen LogP contribution in [0.1, 0.15) is 76.3 Å². The third-order valence-corrected chi connectivity index (χ3v) is 7.05. The van der Waals surface area contributed by atoms with Gasteiger partial charge in [-0.1, -0.05) is 52.8 Å². The highest BCUT2D eigenvalue weighted by Gasteiger charge is 2.37. The van der Waals surface area contributed by atoms with E-state index in [1.54, 1.807) is 6.92 Å². The fourth-order valence-corrected chi connectivity index (χ4v) is 4.52. The largest absolute Gasteiger partial charge is 0.218 e. The second kappa shape index (κ2) is 5.64. The first-order chi connectivity index (χ1) is 10.0. The minimum atomic E-state index is -3.31. The summed E-state index contributed by atoms with van der Waals surface area (Å²) in [5.41, 5.74) is 3.81. The Hall–Kier alpha value is -0.870. The molecule has 0 unspecified atom stereocenters. The van der Waals surface area contributed by atoms with Crippen molar-refractivity contribution < 1.29 is 8.42 Å². The molecule has 0 fully saturated rings. The molecule has 1 N–H and O–H groups in total. The molecule has 1 atom stereocenters. The van der Waals surface area contributed by atoms with Gasteiger partial charge in [0.2, 0.25) is 10.0 Å². The molecule has 1 aromatic rings. The molecular formula is C18H29NO2S. The van der Waals surface area contributed by atoms with Gasteiger partial charge in [0.25, 0.3) is 0 Å². The molecule has 4 heteroatoms. The van der Waals surface area contributed by atoms with E-state index in [0.717, 1.165) is 18.4 Å². The number of sulfonamides is 1. The number of benzene rings is 1. The fourth-order valence-electron chi connectivity index (χ4n) is 3.36. The summed E-state index contributed by atoms with van der Waals surface area (Å²) >= 11 is 0. The van der Waals surface area contributed by atoms with Crippen molar-refractivity contribution in [3.8, 4) is 0 Å². The summed E-state index contributed by atoms with van der Waals surface area (Å²) < 4.78 is 27.2. The van der Waals surface area contributed by atoms with Gasteiger partial charge < -0.3 is 0 Å². The molecule has 0 aliphatic heterocycles. The molecular weight excluding hydrogens is 294 g/mol. The zero-order chi connectivity index (χ0) is 16.8. The average molecular weight is 324 g/mol. The molecule has 0 saturated heterocycles. The molecule has 1 aliphatic rings. The molecule has 1 aliphatic carbocycles. The third-order valence-electron chi connectivity index (χ3n) is 5.16. The van der Waals surface area contributed by atoms with E-state index < -0.39 is 15.3 Å². The van der Waals surface area contributed by atoms with Crippen LogP contribution in [0.15, 0.2) is 18.2 Å². The van der Waals surface area contributed by atoms with Gasteiger partial charge in [-0.25, -0.2) is 13.1 Å². The van der Waals surface area contributed by atoms with Crippen LogP contribution in [-0.4, -0.2) is 15.0 Å². The molecule has 0 saturated carbocycles. The zero-order valence-electron chi connectivity index (χ0n) is 14.7. The van der Waals surface area contributed by atoms with Crippen molar-refractivity contribution in [1.29, 1.82) is 0 Å². The third kappa shape index (κ3) is 3.09. The van der Waals surface area contributed by atoms with Crippen LogP contribution in [0.4, 0.5) is 0 Å². The van der Waals surface area contributed by atoms with Crippen LogP contribution >= 0.6 is 0 Å². The minimum Gasteiger partial charge on any atom is -0.215 e. The van der Waals surface area contributed by atoms with Crippen LogP contribution in [0, 0.1) is 0 Å². The standard InChI is InChI=1S/C18H29NO2S/c1-7-19-22(20,21)13(2)14-8-9-15-16(12-14)18(5,6)11-10-17(15,3)4/h8-9,12-13,19H,7,10-11H2,1-6H3/t13-/m0/s1. The minimum absolute atomic E-state index is 0.0997. The highest BCUT2D eigenvalue weighted by atomic mass is 32.2. The molecule has 0 amide bonds. The normalized spacial score (nSPS) is 21.2. The van der Waals surface area contributed by atoms with Crippen LogP contribution < -0.4 is 4.72 Å². The summed E-state index contributed by atoms with van der Waals surface area (Å²) in [6, 6.07) is 6.25. The first-order valence-corrected chi connectivity index (χ1v) is 9.69. The Balaban J connectivity index is 2.51. The summed E-state index contributed by atoms with van der Waals surface area (Å²) in [5.74, 6) is 0. The monoisotopic (exact) mass is 323 g/mol. The first kappa shape index (κ1) is 17.5. The number of fused-ring (bicyclic) bond motifs is 1. The highest BCUT2D eigenvalue weighted by Crippen LogP contribution is 2.46. The lowest BCUT2D eigenvalue weighted by molar-refractivity contribution is 0.331. The Bertz CT molecular complexity index is 660. The van der Waals surface area contributed by atoms with Crippen molar-refractivity contribution in [3.05, 3.63) is 34.9 Å². The SMILES string of the molecule is CCNS(=O)(=O)[C@@H](C)c1ccc2c(c1)C(C)(C)CCC2(C)C. The van der Waals surface area contributed by atoms with E-state index in [-0.39, 0.29) is 10.8 Å². The lowest BCUT2D eigenvalue weighted by Crippen LogP contribution is -2.34. The maximum absolute atomic E-state index is 12.3. The lowest BCUT2D eigenvalue weighted by atomic mass is 9.63. The smallest absolute Gasteiger partial charge is 0.215 e. The van der Waals surface area contributed by atoms with Crippen LogP contribution in [0.25, 0.3) is 0 Å². The van der Waals surface area contributed by atoms with Gasteiger partial charge >= 0.3 is 0 Å². The molecule has 0 bridgehead atoms. The molecule has 3 nitrogen and oxygen atoms in total.